The van der Waals surface area contributed by atoms with Crippen LogP contribution in [0.15, 0.2) is 0 Å². The molecule has 0 unspecified atom stereocenters. The van der Waals surface area contributed by atoms with Gasteiger partial charge < -0.3 is 10.2 Å². The summed E-state index contributed by atoms with van der Waals surface area (Å²) in [4.78, 5) is 8.40. The highest BCUT2D eigenvalue weighted by Gasteiger charge is 2.15. The Bertz CT molecular complexity index is 336. The first-order valence-electron chi connectivity index (χ1n) is 5.94. The summed E-state index contributed by atoms with van der Waals surface area (Å²) in [5, 5.41) is 4.37. The minimum atomic E-state index is 0.498. The van der Waals surface area contributed by atoms with Crippen molar-refractivity contribution in [3.63, 3.8) is 0 Å². The Labute approximate surface area is 113 Å². The van der Waals surface area contributed by atoms with Crippen LogP contribution in [0, 0.1) is 0 Å². The molecule has 1 heterocycles. The first-order chi connectivity index (χ1) is 8.10. The lowest BCUT2D eigenvalue weighted by Gasteiger charge is -2.14. The summed E-state index contributed by atoms with van der Waals surface area (Å²) in [5.41, 5.74) is 1.25. The van der Waals surface area contributed by atoms with Crippen LogP contribution in [0.25, 0.3) is 0 Å². The van der Waals surface area contributed by atoms with E-state index in [0.29, 0.717) is 5.92 Å². The van der Waals surface area contributed by atoms with Crippen LogP contribution < -0.4 is 10.2 Å². The van der Waals surface area contributed by atoms with E-state index in [4.69, 9.17) is 4.98 Å². The minimum absolute atomic E-state index is 0.498. The molecule has 0 radical (unpaired) electrons. The number of hydrogen-bond acceptors (Lipinski definition) is 5. The van der Waals surface area contributed by atoms with Gasteiger partial charge in [0, 0.05) is 30.8 Å². The van der Waals surface area contributed by atoms with Crippen molar-refractivity contribution in [2.75, 3.05) is 37.5 Å². The lowest BCUT2D eigenvalue weighted by molar-refractivity contribution is 0.769. The second kappa shape index (κ2) is 7.24. The Balaban J connectivity index is 2.82. The number of anilines is 1. The molecular weight excluding hydrogens is 250 g/mol. The molecule has 0 aliphatic rings. The van der Waals surface area contributed by atoms with E-state index in [0.717, 1.165) is 24.0 Å². The maximum atomic E-state index is 4.78. The van der Waals surface area contributed by atoms with Gasteiger partial charge in [-0.25, -0.2) is 4.98 Å². The molecule has 1 aromatic rings. The standard InChI is InChI=1S/C12H23N3S2/c1-9(2)11-10(8-13-3)17-12(14-11)15(4)6-7-16-5/h9,13H,6-8H2,1-5H3. The highest BCUT2D eigenvalue weighted by Crippen LogP contribution is 2.30. The predicted octanol–water partition coefficient (Wildman–Crippen LogP) is 2.79. The summed E-state index contributed by atoms with van der Waals surface area (Å²) < 4.78 is 0. The topological polar surface area (TPSA) is 28.2 Å². The van der Waals surface area contributed by atoms with Gasteiger partial charge in [0.25, 0.3) is 0 Å². The van der Waals surface area contributed by atoms with Crippen molar-refractivity contribution < 1.29 is 0 Å². The van der Waals surface area contributed by atoms with Crippen molar-refractivity contribution in [3.05, 3.63) is 10.6 Å². The Hall–Kier alpha value is -0.260. The lowest BCUT2D eigenvalue weighted by Crippen LogP contribution is -2.19. The molecule has 17 heavy (non-hydrogen) atoms. The predicted molar refractivity (Wildman–Crippen MR) is 80.6 cm³/mol. The number of aromatic nitrogens is 1. The number of thiazole rings is 1. The quantitative estimate of drug-likeness (QED) is 0.827. The molecule has 0 bridgehead atoms. The molecule has 0 saturated carbocycles. The van der Waals surface area contributed by atoms with Gasteiger partial charge in [0.05, 0.1) is 5.69 Å². The number of thioether (sulfide) groups is 1. The SMILES string of the molecule is CNCc1sc(N(C)CCSC)nc1C(C)C. The van der Waals surface area contributed by atoms with E-state index in [9.17, 15) is 0 Å². The van der Waals surface area contributed by atoms with E-state index in [1.165, 1.54) is 10.6 Å². The van der Waals surface area contributed by atoms with E-state index >= 15 is 0 Å². The van der Waals surface area contributed by atoms with Crippen LogP contribution in [-0.4, -0.2) is 37.6 Å². The van der Waals surface area contributed by atoms with E-state index in [2.05, 4.69) is 37.4 Å². The van der Waals surface area contributed by atoms with Gasteiger partial charge in [-0.2, -0.15) is 11.8 Å². The molecule has 98 valence electrons. The molecule has 0 aromatic carbocycles. The van der Waals surface area contributed by atoms with Gasteiger partial charge in [-0.3, -0.25) is 0 Å². The smallest absolute Gasteiger partial charge is 0.185 e. The van der Waals surface area contributed by atoms with Crippen LogP contribution in [0.2, 0.25) is 0 Å². The average Bonchev–Trinajstić information content (AvgIpc) is 2.70. The Morgan fingerprint density at radius 3 is 2.71 bits per heavy atom. The third-order valence-corrected chi connectivity index (χ3v) is 4.33. The number of hydrogen-bond donors (Lipinski definition) is 1. The zero-order valence-corrected chi connectivity index (χ0v) is 13.0. The van der Waals surface area contributed by atoms with Gasteiger partial charge in [-0.15, -0.1) is 11.3 Å². The summed E-state index contributed by atoms with van der Waals surface area (Å²) in [7, 11) is 4.11. The average molecular weight is 273 g/mol. The van der Waals surface area contributed by atoms with Crippen LogP contribution in [0.3, 0.4) is 0 Å². The van der Waals surface area contributed by atoms with Crippen molar-refractivity contribution >= 4 is 28.2 Å². The van der Waals surface area contributed by atoms with E-state index in [-0.39, 0.29) is 0 Å². The summed E-state index contributed by atoms with van der Waals surface area (Å²) >= 11 is 3.69. The molecule has 5 heteroatoms. The molecule has 1 aromatic heterocycles. The molecule has 0 aliphatic carbocycles. The van der Waals surface area contributed by atoms with E-state index in [1.807, 2.05) is 30.1 Å². The second-order valence-corrected chi connectivity index (χ2v) is 6.45. The van der Waals surface area contributed by atoms with Crippen LogP contribution in [0.5, 0.6) is 0 Å². The van der Waals surface area contributed by atoms with Crippen LogP contribution in [0.4, 0.5) is 5.13 Å². The molecule has 0 aliphatic heterocycles. The molecule has 1 rings (SSSR count). The molecule has 0 fully saturated rings. The van der Waals surface area contributed by atoms with Crippen LogP contribution in [0.1, 0.15) is 30.3 Å². The maximum absolute atomic E-state index is 4.78. The zero-order valence-electron chi connectivity index (χ0n) is 11.4. The van der Waals surface area contributed by atoms with Gasteiger partial charge in [0.2, 0.25) is 0 Å². The molecule has 0 amide bonds. The van der Waals surface area contributed by atoms with Gasteiger partial charge in [0.15, 0.2) is 5.13 Å². The molecule has 1 N–H and O–H groups in total. The third-order valence-electron chi connectivity index (χ3n) is 2.56. The normalized spacial score (nSPS) is 11.2. The zero-order chi connectivity index (χ0) is 12.8. The fraction of sp³-hybridized carbons (Fsp3) is 0.750. The molecule has 3 nitrogen and oxygen atoms in total. The Morgan fingerprint density at radius 2 is 2.18 bits per heavy atom. The second-order valence-electron chi connectivity index (χ2n) is 4.40. The minimum Gasteiger partial charge on any atom is -0.350 e. The molecule has 0 spiro atoms. The van der Waals surface area contributed by atoms with Crippen molar-refractivity contribution in [2.45, 2.75) is 26.3 Å². The van der Waals surface area contributed by atoms with Crippen molar-refractivity contribution in [3.8, 4) is 0 Å². The summed E-state index contributed by atoms with van der Waals surface area (Å²) in [6, 6.07) is 0. The van der Waals surface area contributed by atoms with Gasteiger partial charge >= 0.3 is 0 Å². The van der Waals surface area contributed by atoms with Crippen molar-refractivity contribution in [1.82, 2.24) is 10.3 Å². The largest absolute Gasteiger partial charge is 0.350 e. The van der Waals surface area contributed by atoms with Gasteiger partial charge in [0.1, 0.15) is 0 Å². The van der Waals surface area contributed by atoms with Crippen molar-refractivity contribution in [2.24, 2.45) is 0 Å². The Kier molecular flexibility index (Phi) is 6.30. The van der Waals surface area contributed by atoms with Crippen LogP contribution in [-0.2, 0) is 6.54 Å². The summed E-state index contributed by atoms with van der Waals surface area (Å²) in [6.45, 7) is 6.40. The van der Waals surface area contributed by atoms with E-state index < -0.39 is 0 Å². The Morgan fingerprint density at radius 1 is 1.47 bits per heavy atom. The summed E-state index contributed by atoms with van der Waals surface area (Å²) in [5.74, 6) is 1.64. The fourth-order valence-corrected chi connectivity index (χ4v) is 3.25. The fourth-order valence-electron chi connectivity index (χ4n) is 1.58. The maximum Gasteiger partial charge on any atom is 0.185 e. The highest BCUT2D eigenvalue weighted by atomic mass is 32.2. The first-order valence-corrected chi connectivity index (χ1v) is 8.15. The molecule has 0 atom stereocenters. The lowest BCUT2D eigenvalue weighted by atomic mass is 10.1. The number of nitrogens with one attached hydrogen (secondary N) is 1. The molecular formula is C12H23N3S2. The summed E-state index contributed by atoms with van der Waals surface area (Å²) in [6.07, 6.45) is 2.14. The molecule has 0 saturated heterocycles. The van der Waals surface area contributed by atoms with Crippen LogP contribution >= 0.6 is 23.1 Å². The van der Waals surface area contributed by atoms with E-state index in [1.54, 1.807) is 0 Å². The number of rotatable bonds is 7. The first kappa shape index (κ1) is 14.8. The van der Waals surface area contributed by atoms with Gasteiger partial charge in [-0.05, 0) is 19.2 Å². The van der Waals surface area contributed by atoms with Crippen molar-refractivity contribution in [1.29, 1.82) is 0 Å². The monoisotopic (exact) mass is 273 g/mol. The third kappa shape index (κ3) is 4.16. The van der Waals surface area contributed by atoms with Gasteiger partial charge in [-0.1, -0.05) is 13.8 Å². The highest BCUT2D eigenvalue weighted by molar-refractivity contribution is 7.98. The number of nitrogens with zero attached hydrogens (tertiary/aromatic N) is 2.